The molecule has 4 N–H and O–H groups in total. The minimum absolute atomic E-state index is 0.0325. The van der Waals surface area contributed by atoms with E-state index >= 15 is 0 Å². The molecule has 3 amide bonds. The number of rotatable bonds is 2. The van der Waals surface area contributed by atoms with Crippen molar-refractivity contribution < 1.29 is 19.1 Å². The average molecular weight is 335 g/mol. The molecule has 0 saturated heterocycles. The summed E-state index contributed by atoms with van der Waals surface area (Å²) in [5.41, 5.74) is 0.732. The Bertz CT molecular complexity index is 665. The van der Waals surface area contributed by atoms with Crippen LogP contribution in [0.15, 0.2) is 12.1 Å². The van der Waals surface area contributed by atoms with E-state index in [0.29, 0.717) is 43.4 Å². The van der Waals surface area contributed by atoms with Gasteiger partial charge in [0.2, 0.25) is 0 Å². The van der Waals surface area contributed by atoms with Gasteiger partial charge in [0.05, 0.1) is 11.8 Å². The first kappa shape index (κ1) is 16.7. The standard InChI is InChI=1S/C17H22FN3O3/c1-9-8-10(2-5-14(9)22)20-17(24)21-13-4-3-12-11(15(13)18)6-7-19-16(12)23/h3-4,9-10,14,22H,2,5-8H2,1H3,(H,19,23)(H2,20,21,24). The van der Waals surface area contributed by atoms with Gasteiger partial charge in [-0.1, -0.05) is 6.92 Å². The van der Waals surface area contributed by atoms with Gasteiger partial charge in [-0.25, -0.2) is 9.18 Å². The number of amides is 3. The molecule has 2 aliphatic rings. The minimum Gasteiger partial charge on any atom is -0.393 e. The van der Waals surface area contributed by atoms with Crippen LogP contribution in [-0.2, 0) is 6.42 Å². The van der Waals surface area contributed by atoms with Crippen molar-refractivity contribution in [2.75, 3.05) is 11.9 Å². The molecule has 6 nitrogen and oxygen atoms in total. The molecule has 0 radical (unpaired) electrons. The summed E-state index contributed by atoms with van der Waals surface area (Å²) in [6.07, 6.45) is 2.12. The fourth-order valence-corrected chi connectivity index (χ4v) is 3.43. The van der Waals surface area contributed by atoms with Gasteiger partial charge in [0.15, 0.2) is 5.82 Å². The number of carbonyl (C=O) groups excluding carboxylic acids is 2. The second-order valence-electron chi connectivity index (χ2n) is 6.61. The molecular formula is C17H22FN3O3. The molecule has 1 aliphatic heterocycles. The van der Waals surface area contributed by atoms with Gasteiger partial charge < -0.3 is 21.1 Å². The van der Waals surface area contributed by atoms with Crippen LogP contribution < -0.4 is 16.0 Å². The predicted octanol–water partition coefficient (Wildman–Crippen LogP) is 1.78. The number of hydrogen-bond acceptors (Lipinski definition) is 3. The maximum atomic E-state index is 14.5. The largest absolute Gasteiger partial charge is 0.393 e. The maximum absolute atomic E-state index is 14.5. The molecule has 1 aliphatic carbocycles. The van der Waals surface area contributed by atoms with Crippen LogP contribution in [0.5, 0.6) is 0 Å². The van der Waals surface area contributed by atoms with Gasteiger partial charge in [0.25, 0.3) is 5.91 Å². The van der Waals surface area contributed by atoms with E-state index in [4.69, 9.17) is 0 Å². The lowest BCUT2D eigenvalue weighted by atomic mass is 9.85. The summed E-state index contributed by atoms with van der Waals surface area (Å²) < 4.78 is 14.5. The summed E-state index contributed by atoms with van der Waals surface area (Å²) in [5, 5.41) is 17.7. The van der Waals surface area contributed by atoms with E-state index in [2.05, 4.69) is 16.0 Å². The predicted molar refractivity (Wildman–Crippen MR) is 87.4 cm³/mol. The van der Waals surface area contributed by atoms with Crippen molar-refractivity contribution in [3.05, 3.63) is 29.1 Å². The molecule has 3 rings (SSSR count). The lowest BCUT2D eigenvalue weighted by molar-refractivity contribution is 0.0678. The maximum Gasteiger partial charge on any atom is 0.319 e. The van der Waals surface area contributed by atoms with Gasteiger partial charge in [0.1, 0.15) is 0 Å². The summed E-state index contributed by atoms with van der Waals surface area (Å²) in [5.74, 6) is -0.714. The van der Waals surface area contributed by atoms with Gasteiger partial charge >= 0.3 is 6.03 Å². The van der Waals surface area contributed by atoms with Crippen LogP contribution in [0.4, 0.5) is 14.9 Å². The number of hydrogen-bond donors (Lipinski definition) is 4. The van der Waals surface area contributed by atoms with Gasteiger partial charge in [-0.05, 0) is 43.7 Å². The first-order valence-electron chi connectivity index (χ1n) is 8.31. The topological polar surface area (TPSA) is 90.5 Å². The Morgan fingerprint density at radius 2 is 2.17 bits per heavy atom. The highest BCUT2D eigenvalue weighted by molar-refractivity contribution is 5.98. The van der Waals surface area contributed by atoms with Crippen molar-refractivity contribution in [3.63, 3.8) is 0 Å². The summed E-state index contributed by atoms with van der Waals surface area (Å²) >= 11 is 0. The van der Waals surface area contributed by atoms with Gasteiger partial charge in [0, 0.05) is 23.7 Å². The average Bonchev–Trinajstić information content (AvgIpc) is 2.54. The Labute approximate surface area is 139 Å². The van der Waals surface area contributed by atoms with Crippen LogP contribution in [0.2, 0.25) is 0 Å². The molecule has 7 heteroatoms. The summed E-state index contributed by atoms with van der Waals surface area (Å²) in [6.45, 7) is 2.34. The first-order chi connectivity index (χ1) is 11.5. The third-order valence-electron chi connectivity index (χ3n) is 4.86. The van der Waals surface area contributed by atoms with E-state index in [1.165, 1.54) is 12.1 Å². The highest BCUT2D eigenvalue weighted by Crippen LogP contribution is 2.26. The number of aliphatic hydroxyl groups is 1. The molecule has 0 aromatic heterocycles. The lowest BCUT2D eigenvalue weighted by Crippen LogP contribution is -2.43. The second-order valence-corrected chi connectivity index (χ2v) is 6.61. The molecule has 24 heavy (non-hydrogen) atoms. The third kappa shape index (κ3) is 3.36. The zero-order valence-electron chi connectivity index (χ0n) is 13.6. The quantitative estimate of drug-likeness (QED) is 0.664. The first-order valence-corrected chi connectivity index (χ1v) is 8.31. The van der Waals surface area contributed by atoms with Crippen LogP contribution in [-0.4, -0.2) is 35.7 Å². The SMILES string of the molecule is CC1CC(NC(=O)Nc2ccc3c(c2F)CCNC3=O)CCC1O. The Hall–Kier alpha value is -2.15. The van der Waals surface area contributed by atoms with Crippen molar-refractivity contribution in [1.82, 2.24) is 10.6 Å². The number of nitrogens with one attached hydrogen (secondary N) is 3. The van der Waals surface area contributed by atoms with Gasteiger partial charge in [-0.2, -0.15) is 0 Å². The molecule has 3 unspecified atom stereocenters. The molecule has 0 spiro atoms. The summed E-state index contributed by atoms with van der Waals surface area (Å²) in [7, 11) is 0. The summed E-state index contributed by atoms with van der Waals surface area (Å²) in [4.78, 5) is 23.8. The van der Waals surface area contributed by atoms with E-state index in [1.807, 2.05) is 6.92 Å². The molecule has 0 bridgehead atoms. The van der Waals surface area contributed by atoms with Crippen molar-refractivity contribution in [3.8, 4) is 0 Å². The highest BCUT2D eigenvalue weighted by atomic mass is 19.1. The van der Waals surface area contributed by atoms with E-state index in [9.17, 15) is 19.1 Å². The normalized spacial score (nSPS) is 26.3. The van der Waals surface area contributed by atoms with Crippen molar-refractivity contribution in [2.24, 2.45) is 5.92 Å². The Morgan fingerprint density at radius 1 is 1.38 bits per heavy atom. The lowest BCUT2D eigenvalue weighted by Gasteiger charge is -2.31. The molecule has 1 aromatic rings. The molecule has 1 fully saturated rings. The van der Waals surface area contributed by atoms with Crippen molar-refractivity contribution >= 4 is 17.6 Å². The molecule has 1 heterocycles. The Morgan fingerprint density at radius 3 is 2.92 bits per heavy atom. The number of carbonyl (C=O) groups is 2. The Kier molecular flexibility index (Phi) is 4.71. The molecule has 130 valence electrons. The number of aliphatic hydroxyl groups excluding tert-OH is 1. The minimum atomic E-state index is -0.551. The fourth-order valence-electron chi connectivity index (χ4n) is 3.43. The number of benzene rings is 1. The number of fused-ring (bicyclic) bond motifs is 1. The smallest absolute Gasteiger partial charge is 0.319 e. The van der Waals surface area contributed by atoms with E-state index in [1.54, 1.807) is 0 Å². The van der Waals surface area contributed by atoms with Gasteiger partial charge in [-0.15, -0.1) is 0 Å². The molecule has 1 saturated carbocycles. The zero-order valence-corrected chi connectivity index (χ0v) is 13.6. The van der Waals surface area contributed by atoms with Crippen LogP contribution in [0.25, 0.3) is 0 Å². The third-order valence-corrected chi connectivity index (χ3v) is 4.86. The number of anilines is 1. The number of halogens is 1. The van der Waals surface area contributed by atoms with Crippen LogP contribution in [0.3, 0.4) is 0 Å². The van der Waals surface area contributed by atoms with Crippen molar-refractivity contribution in [2.45, 2.75) is 44.8 Å². The Balaban J connectivity index is 1.66. The zero-order chi connectivity index (χ0) is 17.3. The molecule has 3 atom stereocenters. The van der Waals surface area contributed by atoms with E-state index in [-0.39, 0.29) is 29.7 Å². The second kappa shape index (κ2) is 6.76. The molecular weight excluding hydrogens is 313 g/mol. The summed E-state index contributed by atoms with van der Waals surface area (Å²) in [6, 6.07) is 2.44. The van der Waals surface area contributed by atoms with E-state index < -0.39 is 11.8 Å². The van der Waals surface area contributed by atoms with Crippen LogP contribution in [0, 0.1) is 11.7 Å². The van der Waals surface area contributed by atoms with Crippen LogP contribution >= 0.6 is 0 Å². The van der Waals surface area contributed by atoms with Crippen LogP contribution in [0.1, 0.15) is 42.1 Å². The highest BCUT2D eigenvalue weighted by Gasteiger charge is 2.27. The monoisotopic (exact) mass is 335 g/mol. The molecule has 1 aromatic carbocycles. The fraction of sp³-hybridized carbons (Fsp3) is 0.529. The van der Waals surface area contributed by atoms with E-state index in [0.717, 1.165) is 0 Å². The number of urea groups is 1. The van der Waals surface area contributed by atoms with Gasteiger partial charge in [-0.3, -0.25) is 4.79 Å². The van der Waals surface area contributed by atoms with Crippen molar-refractivity contribution in [1.29, 1.82) is 0 Å².